The van der Waals surface area contributed by atoms with Crippen molar-refractivity contribution in [3.63, 3.8) is 0 Å². The quantitative estimate of drug-likeness (QED) is 0.163. The molecule has 0 fully saturated rings. The van der Waals surface area contributed by atoms with Crippen LogP contribution in [0.4, 0.5) is 34.1 Å². The number of fused-ring (bicyclic) bond motifs is 8. The average Bonchev–Trinajstić information content (AvgIpc) is 3.66. The Balaban J connectivity index is 1.31. The van der Waals surface area contributed by atoms with Crippen molar-refractivity contribution in [3.05, 3.63) is 148 Å². The zero-order valence-corrected chi connectivity index (χ0v) is 46.4. The maximum absolute atomic E-state index is 2.77. The molecule has 6 aromatic carbocycles. The van der Waals surface area contributed by atoms with E-state index in [9.17, 15) is 0 Å². The Morgan fingerprint density at radius 1 is 0.457 bits per heavy atom. The van der Waals surface area contributed by atoms with Crippen LogP contribution in [0.1, 0.15) is 182 Å². The molecule has 0 spiro atoms. The highest BCUT2D eigenvalue weighted by Crippen LogP contribution is 2.55. The molecule has 1 aromatic heterocycles. The third-order valence-electron chi connectivity index (χ3n) is 17.6. The predicted octanol–water partition coefficient (Wildman–Crippen LogP) is 17.2. The van der Waals surface area contributed by atoms with Gasteiger partial charge in [0.15, 0.2) is 0 Å². The lowest BCUT2D eigenvalue weighted by Crippen LogP contribution is -2.60. The smallest absolute Gasteiger partial charge is 0.264 e. The minimum atomic E-state index is -0.124. The van der Waals surface area contributed by atoms with Gasteiger partial charge in [-0.1, -0.05) is 172 Å². The van der Waals surface area contributed by atoms with E-state index in [1.165, 1.54) is 136 Å². The summed E-state index contributed by atoms with van der Waals surface area (Å²) in [6.45, 7) is 41.2. The first-order valence-electron chi connectivity index (χ1n) is 26.5. The molecule has 70 heavy (non-hydrogen) atoms. The molecular weight excluding hydrogens is 864 g/mol. The Kier molecular flexibility index (Phi) is 10.3. The van der Waals surface area contributed by atoms with Crippen molar-refractivity contribution >= 4 is 78.0 Å². The van der Waals surface area contributed by atoms with Crippen molar-refractivity contribution in [2.45, 2.75) is 181 Å². The molecule has 11 rings (SSSR count). The summed E-state index contributed by atoms with van der Waals surface area (Å²) < 4.78 is 2.87. The molecule has 4 aliphatic rings. The number of rotatable bonds is 3. The van der Waals surface area contributed by atoms with Gasteiger partial charge in [-0.25, -0.2) is 0 Å². The van der Waals surface area contributed by atoms with Crippen LogP contribution in [0.2, 0.25) is 0 Å². The summed E-state index contributed by atoms with van der Waals surface area (Å²) in [5, 5.41) is 1.40. The molecule has 0 amide bonds. The summed E-state index contributed by atoms with van der Waals surface area (Å²) in [5.41, 5.74) is 23.4. The highest BCUT2D eigenvalue weighted by molar-refractivity contribution is 7.33. The third-order valence-corrected chi connectivity index (χ3v) is 18.9. The number of anilines is 6. The van der Waals surface area contributed by atoms with Crippen molar-refractivity contribution in [2.24, 2.45) is 0 Å². The van der Waals surface area contributed by atoms with E-state index in [0.29, 0.717) is 0 Å². The largest absolute Gasteiger partial charge is 0.311 e. The molecule has 2 aliphatic carbocycles. The minimum Gasteiger partial charge on any atom is -0.311 e. The highest BCUT2D eigenvalue weighted by Gasteiger charge is 2.48. The molecule has 4 heteroatoms. The van der Waals surface area contributed by atoms with Crippen molar-refractivity contribution < 1.29 is 0 Å². The van der Waals surface area contributed by atoms with E-state index in [0.717, 1.165) is 0 Å². The highest BCUT2D eigenvalue weighted by atomic mass is 32.1. The van der Waals surface area contributed by atoms with E-state index in [4.69, 9.17) is 0 Å². The maximum atomic E-state index is 2.77. The van der Waals surface area contributed by atoms with Crippen LogP contribution in [-0.4, -0.2) is 6.71 Å². The number of hydrogen-bond donors (Lipinski definition) is 0. The zero-order valence-electron chi connectivity index (χ0n) is 45.6. The van der Waals surface area contributed by atoms with Crippen LogP contribution >= 0.6 is 11.3 Å². The van der Waals surface area contributed by atoms with Gasteiger partial charge in [-0.3, -0.25) is 0 Å². The van der Waals surface area contributed by atoms with Gasteiger partial charge < -0.3 is 9.80 Å². The molecule has 3 heterocycles. The molecule has 360 valence electrons. The average molecular weight is 941 g/mol. The molecule has 7 aromatic rings. The Morgan fingerprint density at radius 3 is 1.56 bits per heavy atom. The van der Waals surface area contributed by atoms with Crippen LogP contribution in [0.5, 0.6) is 0 Å². The first kappa shape index (κ1) is 47.3. The van der Waals surface area contributed by atoms with Gasteiger partial charge in [-0.2, -0.15) is 0 Å². The summed E-state index contributed by atoms with van der Waals surface area (Å²) in [5.74, 6) is 0. The molecule has 2 nitrogen and oxygen atoms in total. The van der Waals surface area contributed by atoms with Crippen LogP contribution in [0.25, 0.3) is 21.2 Å². The van der Waals surface area contributed by atoms with Gasteiger partial charge in [0.05, 0.1) is 11.4 Å². The Morgan fingerprint density at radius 2 is 0.971 bits per heavy atom. The molecule has 2 aliphatic heterocycles. The molecule has 0 atom stereocenters. The van der Waals surface area contributed by atoms with Crippen LogP contribution < -0.4 is 25.5 Å². The minimum absolute atomic E-state index is 0.0136. The monoisotopic (exact) mass is 941 g/mol. The van der Waals surface area contributed by atoms with Gasteiger partial charge in [0, 0.05) is 43.2 Å². The topological polar surface area (TPSA) is 6.48 Å². The standard InChI is InChI=1S/C66H77BN2S/c1-60(2,3)41-23-27-52(45(33-41)40-21-19-18-20-22-40)69-53-28-24-42(61(4,5)6)34-51(53)67-57-54(35-43(36-55(57)69)62(7,8)9)68(44-25-26-47-48(37-44)64(12,13)30-29-63(47,10)11)58-46-38-49-50(39-56(46)70-59(58)67)66(16,17)32-31-65(49,14)15/h18-28,33-39H,29-32H2,1-17H3. The van der Waals surface area contributed by atoms with Gasteiger partial charge in [0.25, 0.3) is 6.71 Å². The van der Waals surface area contributed by atoms with Crippen molar-refractivity contribution in [1.29, 1.82) is 0 Å². The summed E-state index contributed by atoms with van der Waals surface area (Å²) in [6, 6.07) is 44.1. The first-order valence-corrected chi connectivity index (χ1v) is 27.3. The van der Waals surface area contributed by atoms with E-state index >= 15 is 0 Å². The maximum Gasteiger partial charge on any atom is 0.264 e. The molecule has 0 bridgehead atoms. The SMILES string of the molecule is CC(C)(C)c1ccc2c(c1)B1c3sc4cc5c(cc4c3N(c3ccc4c(c3)C(C)(C)CCC4(C)C)c3cc(C(C)(C)C)cc(c31)N2c1ccc(C(C)(C)C)cc1-c1ccccc1)C(C)(C)CCC5(C)C. The Bertz CT molecular complexity index is 3280. The zero-order chi connectivity index (χ0) is 50.0. The molecule has 0 saturated heterocycles. The number of hydrogen-bond acceptors (Lipinski definition) is 3. The van der Waals surface area contributed by atoms with Crippen LogP contribution in [-0.2, 0) is 37.9 Å². The van der Waals surface area contributed by atoms with Crippen molar-refractivity contribution in [1.82, 2.24) is 0 Å². The predicted molar refractivity (Wildman–Crippen MR) is 308 cm³/mol. The molecular formula is C66H77BN2S. The summed E-state index contributed by atoms with van der Waals surface area (Å²) in [7, 11) is 0. The summed E-state index contributed by atoms with van der Waals surface area (Å²) >= 11 is 2.07. The normalized spacial score (nSPS) is 18.5. The van der Waals surface area contributed by atoms with Crippen molar-refractivity contribution in [2.75, 3.05) is 9.80 Å². The fraction of sp³-hybridized carbons (Fsp3) is 0.424. The Labute approximate surface area is 426 Å². The number of benzene rings is 6. The van der Waals surface area contributed by atoms with Gasteiger partial charge in [0.2, 0.25) is 0 Å². The first-order chi connectivity index (χ1) is 32.6. The van der Waals surface area contributed by atoms with Crippen LogP contribution in [0.15, 0.2) is 109 Å². The number of thiophene rings is 1. The van der Waals surface area contributed by atoms with Crippen molar-refractivity contribution in [3.8, 4) is 11.1 Å². The Hall–Kier alpha value is -5.06. The van der Waals surface area contributed by atoms with Gasteiger partial charge >= 0.3 is 0 Å². The second-order valence-electron chi connectivity index (χ2n) is 27.6. The lowest BCUT2D eigenvalue weighted by atomic mass is 9.36. The summed E-state index contributed by atoms with van der Waals surface area (Å²) in [6.07, 6.45) is 4.76. The number of nitrogens with zero attached hydrogens (tertiary/aromatic N) is 2. The van der Waals surface area contributed by atoms with Gasteiger partial charge in [-0.05, 0) is 174 Å². The van der Waals surface area contributed by atoms with Gasteiger partial charge in [-0.15, -0.1) is 11.3 Å². The lowest BCUT2D eigenvalue weighted by molar-refractivity contribution is 0.332. The fourth-order valence-corrected chi connectivity index (χ4v) is 14.1. The second-order valence-corrected chi connectivity index (χ2v) is 28.7. The third kappa shape index (κ3) is 7.30. The second kappa shape index (κ2) is 15.2. The molecule has 0 unspecified atom stereocenters. The van der Waals surface area contributed by atoms with E-state index in [1.54, 1.807) is 0 Å². The molecule has 0 saturated carbocycles. The molecule has 0 N–H and O–H groups in total. The lowest BCUT2D eigenvalue weighted by Gasteiger charge is -2.46. The van der Waals surface area contributed by atoms with Crippen LogP contribution in [0.3, 0.4) is 0 Å². The molecule has 0 radical (unpaired) electrons. The van der Waals surface area contributed by atoms with E-state index < -0.39 is 0 Å². The van der Waals surface area contributed by atoms with E-state index in [-0.39, 0.29) is 44.6 Å². The van der Waals surface area contributed by atoms with Crippen LogP contribution in [0, 0.1) is 0 Å². The fourth-order valence-electron chi connectivity index (χ4n) is 12.7. The summed E-state index contributed by atoms with van der Waals surface area (Å²) in [4.78, 5) is 5.45. The van der Waals surface area contributed by atoms with E-state index in [1.807, 2.05) is 0 Å². The van der Waals surface area contributed by atoms with E-state index in [2.05, 4.69) is 248 Å². The van der Waals surface area contributed by atoms with Gasteiger partial charge in [0.1, 0.15) is 0 Å².